The number of tetrazole rings is 1. The van der Waals surface area contributed by atoms with E-state index >= 15 is 0 Å². The molecule has 0 spiro atoms. The summed E-state index contributed by atoms with van der Waals surface area (Å²) in [5, 5.41) is 11.4. The van der Waals surface area contributed by atoms with Crippen molar-refractivity contribution >= 4 is 44.6 Å². The van der Waals surface area contributed by atoms with Crippen LogP contribution in [0.5, 0.6) is 0 Å². The number of aromatic nitrogens is 4. The summed E-state index contributed by atoms with van der Waals surface area (Å²) < 4.78 is 24.4. The maximum absolute atomic E-state index is 13.2. The summed E-state index contributed by atoms with van der Waals surface area (Å²) in [6.07, 6.45) is 4.39. The Labute approximate surface area is 176 Å². The van der Waals surface area contributed by atoms with Crippen LogP contribution < -0.4 is 0 Å². The van der Waals surface area contributed by atoms with Gasteiger partial charge in [0.05, 0.1) is 22.0 Å². The van der Waals surface area contributed by atoms with Crippen molar-refractivity contribution in [3.8, 4) is 0 Å². The van der Waals surface area contributed by atoms with Crippen LogP contribution in [0.2, 0.25) is 5.02 Å². The van der Waals surface area contributed by atoms with Gasteiger partial charge in [-0.1, -0.05) is 23.2 Å². The molecular formula is C18H16Cl2N4O4S. The standard InChI is InChI=1S/C18H16Cl2N4O4S/c1-29(27,28)13-5-4-11(16(20)12(13)7-24-22-8-21-23-24)18(26)14-15(19)9-2-3-10(6-9)17(14)25/h4-5,8-10H,2-3,6-7H2,1H3. The second kappa shape index (κ2) is 7.30. The topological polar surface area (TPSA) is 112 Å². The van der Waals surface area contributed by atoms with Crippen LogP contribution in [-0.2, 0) is 21.2 Å². The molecule has 2 aliphatic carbocycles. The molecule has 1 aromatic carbocycles. The lowest BCUT2D eigenvalue weighted by Gasteiger charge is -2.21. The molecule has 8 nitrogen and oxygen atoms in total. The van der Waals surface area contributed by atoms with Gasteiger partial charge in [-0.15, -0.1) is 10.2 Å². The maximum Gasteiger partial charge on any atom is 0.199 e. The molecule has 1 fully saturated rings. The number of halogens is 2. The zero-order chi connectivity index (χ0) is 20.9. The molecular weight excluding hydrogens is 439 g/mol. The number of nitrogens with zero attached hydrogens (tertiary/aromatic N) is 4. The SMILES string of the molecule is CS(=O)(=O)c1ccc(C(=O)C2=C(Cl)C3CCC(C3)C2=O)c(Cl)c1Cn1ncnn1. The van der Waals surface area contributed by atoms with Crippen LogP contribution >= 0.6 is 23.2 Å². The fourth-order valence-electron chi connectivity index (χ4n) is 4.01. The summed E-state index contributed by atoms with van der Waals surface area (Å²) in [6, 6.07) is 2.62. The maximum atomic E-state index is 13.2. The Bertz CT molecular complexity index is 1160. The molecule has 0 saturated heterocycles. The molecule has 0 aliphatic heterocycles. The van der Waals surface area contributed by atoms with Crippen LogP contribution in [-0.4, -0.2) is 46.4 Å². The average Bonchev–Trinajstić information content (AvgIpc) is 3.31. The number of sulfone groups is 1. The Morgan fingerprint density at radius 2 is 1.97 bits per heavy atom. The van der Waals surface area contributed by atoms with Crippen LogP contribution in [0.1, 0.15) is 35.2 Å². The largest absolute Gasteiger partial charge is 0.294 e. The third kappa shape index (κ3) is 3.51. The van der Waals surface area contributed by atoms with Gasteiger partial charge in [-0.05, 0) is 42.5 Å². The van der Waals surface area contributed by atoms with E-state index in [-0.39, 0.29) is 55.8 Å². The van der Waals surface area contributed by atoms with Crippen LogP contribution in [0, 0.1) is 11.8 Å². The lowest BCUT2D eigenvalue weighted by atomic mass is 9.84. The first-order valence-corrected chi connectivity index (χ1v) is 11.5. The first kappa shape index (κ1) is 20.2. The third-order valence-corrected chi connectivity index (χ3v) is 7.52. The van der Waals surface area contributed by atoms with Gasteiger partial charge in [0, 0.05) is 28.3 Å². The second-order valence-corrected chi connectivity index (χ2v) is 10.0. The molecule has 11 heteroatoms. The van der Waals surface area contributed by atoms with Crippen molar-refractivity contribution in [2.24, 2.45) is 11.8 Å². The van der Waals surface area contributed by atoms with Crippen molar-refractivity contribution in [3.05, 3.63) is 45.2 Å². The molecule has 1 heterocycles. The van der Waals surface area contributed by atoms with Crippen LogP contribution in [0.4, 0.5) is 0 Å². The highest BCUT2D eigenvalue weighted by Crippen LogP contribution is 2.46. The van der Waals surface area contributed by atoms with Crippen molar-refractivity contribution in [1.82, 2.24) is 20.2 Å². The number of benzene rings is 1. The smallest absolute Gasteiger partial charge is 0.199 e. The predicted octanol–water partition coefficient (Wildman–Crippen LogP) is 2.45. The summed E-state index contributed by atoms with van der Waals surface area (Å²) in [7, 11) is -3.65. The Kier molecular flexibility index (Phi) is 5.08. The first-order valence-electron chi connectivity index (χ1n) is 8.89. The summed E-state index contributed by atoms with van der Waals surface area (Å²) in [5.74, 6) is -1.05. The normalized spacial score (nSPS) is 21.7. The minimum atomic E-state index is -3.65. The summed E-state index contributed by atoms with van der Waals surface area (Å²) in [6.45, 7) is -0.103. The molecule has 2 bridgehead atoms. The van der Waals surface area contributed by atoms with Gasteiger partial charge in [0.2, 0.25) is 0 Å². The van der Waals surface area contributed by atoms with E-state index in [2.05, 4.69) is 15.4 Å². The lowest BCUT2D eigenvalue weighted by Crippen LogP contribution is -2.26. The second-order valence-electron chi connectivity index (χ2n) is 7.27. The molecule has 1 saturated carbocycles. The average molecular weight is 455 g/mol. The lowest BCUT2D eigenvalue weighted by molar-refractivity contribution is -0.119. The fraction of sp³-hybridized carbons (Fsp3) is 0.389. The monoisotopic (exact) mass is 454 g/mol. The molecule has 4 rings (SSSR count). The van der Waals surface area contributed by atoms with E-state index in [1.165, 1.54) is 18.5 Å². The molecule has 0 N–H and O–H groups in total. The fourth-order valence-corrected chi connectivity index (χ4v) is 5.68. The Morgan fingerprint density at radius 1 is 1.24 bits per heavy atom. The number of carbonyl (C=O) groups is 2. The van der Waals surface area contributed by atoms with E-state index in [9.17, 15) is 18.0 Å². The minimum Gasteiger partial charge on any atom is -0.294 e. The third-order valence-electron chi connectivity index (χ3n) is 5.41. The highest BCUT2D eigenvalue weighted by atomic mass is 35.5. The molecule has 2 atom stereocenters. The van der Waals surface area contributed by atoms with Crippen LogP contribution in [0.25, 0.3) is 0 Å². The van der Waals surface area contributed by atoms with E-state index in [0.29, 0.717) is 12.8 Å². The molecule has 29 heavy (non-hydrogen) atoms. The molecule has 0 amide bonds. The van der Waals surface area contributed by atoms with Gasteiger partial charge in [-0.3, -0.25) is 9.59 Å². The zero-order valence-electron chi connectivity index (χ0n) is 15.3. The van der Waals surface area contributed by atoms with E-state index in [1.807, 2.05) is 0 Å². The molecule has 1 aromatic heterocycles. The Morgan fingerprint density at radius 3 is 2.62 bits per heavy atom. The molecule has 2 aliphatic rings. The number of hydrogen-bond acceptors (Lipinski definition) is 7. The van der Waals surface area contributed by atoms with Gasteiger partial charge in [0.1, 0.15) is 0 Å². The predicted molar refractivity (Wildman–Crippen MR) is 105 cm³/mol. The molecule has 2 aromatic rings. The number of fused-ring (bicyclic) bond motifs is 2. The van der Waals surface area contributed by atoms with Crippen molar-refractivity contribution in [1.29, 1.82) is 0 Å². The van der Waals surface area contributed by atoms with Gasteiger partial charge >= 0.3 is 0 Å². The minimum absolute atomic E-state index is 0.00574. The first-order chi connectivity index (χ1) is 13.7. The van der Waals surface area contributed by atoms with Crippen LogP contribution in [0.15, 0.2) is 34.0 Å². The highest BCUT2D eigenvalue weighted by molar-refractivity contribution is 7.90. The van der Waals surface area contributed by atoms with Crippen molar-refractivity contribution in [2.75, 3.05) is 6.26 Å². The number of ketones is 2. The van der Waals surface area contributed by atoms with Crippen molar-refractivity contribution < 1.29 is 18.0 Å². The molecule has 2 unspecified atom stereocenters. The van der Waals surface area contributed by atoms with Gasteiger partial charge in [-0.25, -0.2) is 8.42 Å². The summed E-state index contributed by atoms with van der Waals surface area (Å²) in [5.41, 5.74) is 0.141. The number of hydrogen-bond donors (Lipinski definition) is 0. The molecule has 0 radical (unpaired) electrons. The Balaban J connectivity index is 1.84. The van der Waals surface area contributed by atoms with E-state index < -0.39 is 15.6 Å². The van der Waals surface area contributed by atoms with Gasteiger partial charge in [-0.2, -0.15) is 4.80 Å². The molecule has 152 valence electrons. The van der Waals surface area contributed by atoms with Crippen molar-refractivity contribution in [2.45, 2.75) is 30.7 Å². The van der Waals surface area contributed by atoms with Gasteiger partial charge in [0.15, 0.2) is 27.7 Å². The van der Waals surface area contributed by atoms with Crippen molar-refractivity contribution in [3.63, 3.8) is 0 Å². The highest BCUT2D eigenvalue weighted by Gasteiger charge is 2.43. The number of allylic oxidation sites excluding steroid dienone is 2. The van der Waals surface area contributed by atoms with E-state index in [1.54, 1.807) is 0 Å². The Hall–Kier alpha value is -2.10. The number of carbonyl (C=O) groups excluding carboxylic acids is 2. The zero-order valence-corrected chi connectivity index (χ0v) is 17.6. The van der Waals surface area contributed by atoms with Gasteiger partial charge < -0.3 is 0 Å². The summed E-state index contributed by atoms with van der Waals surface area (Å²) >= 11 is 12.9. The summed E-state index contributed by atoms with van der Waals surface area (Å²) in [4.78, 5) is 27.1. The number of Topliss-reactive ketones (excluding diaryl/α,β-unsaturated/α-hetero) is 2. The quantitative estimate of drug-likeness (QED) is 0.503. The van der Waals surface area contributed by atoms with E-state index in [4.69, 9.17) is 23.2 Å². The van der Waals surface area contributed by atoms with Gasteiger partial charge in [0.25, 0.3) is 0 Å². The van der Waals surface area contributed by atoms with E-state index in [0.717, 1.165) is 17.5 Å². The number of rotatable bonds is 5. The van der Waals surface area contributed by atoms with Crippen LogP contribution in [0.3, 0.4) is 0 Å².